The Labute approximate surface area is 120 Å². The van der Waals surface area contributed by atoms with Gasteiger partial charge in [0.15, 0.2) is 5.78 Å². The number of carbonyl (C=O) groups is 2. The van der Waals surface area contributed by atoms with E-state index in [9.17, 15) is 9.59 Å². The van der Waals surface area contributed by atoms with Gasteiger partial charge in [0.05, 0.1) is 0 Å². The zero-order valence-corrected chi connectivity index (χ0v) is 12.5. The van der Waals surface area contributed by atoms with Crippen molar-refractivity contribution in [2.75, 3.05) is 32.1 Å². The van der Waals surface area contributed by atoms with Crippen LogP contribution in [0.25, 0.3) is 0 Å². The molecule has 2 rings (SSSR count). The van der Waals surface area contributed by atoms with E-state index in [4.69, 9.17) is 0 Å². The lowest BCUT2D eigenvalue weighted by atomic mass is 9.98. The number of Topliss-reactive ketones (excluding diaryl/α,β-unsaturated/α-hetero) is 1. The van der Waals surface area contributed by atoms with Crippen LogP contribution in [0.5, 0.6) is 0 Å². The highest BCUT2D eigenvalue weighted by Crippen LogP contribution is 2.28. The van der Waals surface area contributed by atoms with E-state index in [0.717, 1.165) is 31.5 Å². The van der Waals surface area contributed by atoms with Gasteiger partial charge in [-0.1, -0.05) is 0 Å². The number of amides is 1. The van der Waals surface area contributed by atoms with E-state index in [0.29, 0.717) is 6.42 Å². The predicted molar refractivity (Wildman–Crippen MR) is 80.3 cm³/mol. The maximum Gasteiger partial charge on any atom is 0.223 e. The molecule has 0 unspecified atom stereocenters. The number of nitrogens with zero attached hydrogens (tertiary/aromatic N) is 2. The molecular weight excluding hydrogens is 252 g/mol. The third-order valence-electron chi connectivity index (χ3n) is 3.80. The number of rotatable bonds is 4. The third kappa shape index (κ3) is 3.18. The van der Waals surface area contributed by atoms with E-state index < -0.39 is 0 Å². The van der Waals surface area contributed by atoms with Crippen LogP contribution in [0, 0.1) is 0 Å². The molecule has 108 valence electrons. The van der Waals surface area contributed by atoms with Gasteiger partial charge in [0.25, 0.3) is 0 Å². The quantitative estimate of drug-likeness (QED) is 0.790. The molecule has 0 spiro atoms. The van der Waals surface area contributed by atoms with Crippen LogP contribution in [0.2, 0.25) is 0 Å². The van der Waals surface area contributed by atoms with Gasteiger partial charge in [-0.15, -0.1) is 0 Å². The second-order valence-corrected chi connectivity index (χ2v) is 5.53. The summed E-state index contributed by atoms with van der Waals surface area (Å²) < 4.78 is 0. The molecule has 0 bridgehead atoms. The van der Waals surface area contributed by atoms with Gasteiger partial charge in [-0.25, -0.2) is 0 Å². The standard InChI is InChI=1S/C16H22N2O2/c1-12(19)13-6-7-15-14(11-13)5-4-9-18(15)10-8-16(20)17(2)3/h6-7,11H,4-5,8-10H2,1-3H3. The number of fused-ring (bicyclic) bond motifs is 1. The van der Waals surface area contributed by atoms with E-state index >= 15 is 0 Å². The molecule has 1 aliphatic rings. The van der Waals surface area contributed by atoms with Gasteiger partial charge in [-0.2, -0.15) is 0 Å². The minimum atomic E-state index is 0.104. The van der Waals surface area contributed by atoms with Crippen LogP contribution in [-0.4, -0.2) is 43.8 Å². The lowest BCUT2D eigenvalue weighted by Crippen LogP contribution is -2.33. The minimum absolute atomic E-state index is 0.104. The Morgan fingerprint density at radius 1 is 1.30 bits per heavy atom. The summed E-state index contributed by atoms with van der Waals surface area (Å²) in [6.45, 7) is 3.31. The smallest absolute Gasteiger partial charge is 0.223 e. The molecule has 0 saturated carbocycles. The maximum absolute atomic E-state index is 11.7. The number of hydrogen-bond donors (Lipinski definition) is 0. The van der Waals surface area contributed by atoms with Gasteiger partial charge >= 0.3 is 0 Å². The first kappa shape index (κ1) is 14.6. The maximum atomic E-state index is 11.7. The molecule has 4 nitrogen and oxygen atoms in total. The Balaban J connectivity index is 2.12. The fraction of sp³-hybridized carbons (Fsp3) is 0.500. The van der Waals surface area contributed by atoms with E-state index in [1.807, 2.05) is 18.2 Å². The molecule has 0 aromatic heterocycles. The monoisotopic (exact) mass is 274 g/mol. The van der Waals surface area contributed by atoms with Crippen LogP contribution < -0.4 is 4.90 Å². The summed E-state index contributed by atoms with van der Waals surface area (Å²) in [5, 5.41) is 0. The highest BCUT2D eigenvalue weighted by atomic mass is 16.2. The summed E-state index contributed by atoms with van der Waals surface area (Å²) in [7, 11) is 3.57. The fourth-order valence-electron chi connectivity index (χ4n) is 2.58. The van der Waals surface area contributed by atoms with Crippen LogP contribution in [0.1, 0.15) is 35.7 Å². The highest BCUT2D eigenvalue weighted by Gasteiger charge is 2.18. The van der Waals surface area contributed by atoms with Crippen LogP contribution in [0.15, 0.2) is 18.2 Å². The van der Waals surface area contributed by atoms with Gasteiger partial charge in [0.1, 0.15) is 0 Å². The number of anilines is 1. The van der Waals surface area contributed by atoms with Gasteiger partial charge in [-0.05, 0) is 43.5 Å². The normalized spacial score (nSPS) is 13.8. The molecule has 0 N–H and O–H groups in total. The molecule has 0 saturated heterocycles. The second-order valence-electron chi connectivity index (χ2n) is 5.53. The van der Waals surface area contributed by atoms with Crippen LogP contribution in [0.4, 0.5) is 5.69 Å². The first-order chi connectivity index (χ1) is 9.49. The molecule has 0 aliphatic carbocycles. The first-order valence-corrected chi connectivity index (χ1v) is 7.08. The molecule has 20 heavy (non-hydrogen) atoms. The van der Waals surface area contributed by atoms with Crippen molar-refractivity contribution in [3.05, 3.63) is 29.3 Å². The van der Waals surface area contributed by atoms with Crippen LogP contribution >= 0.6 is 0 Å². The van der Waals surface area contributed by atoms with Crippen molar-refractivity contribution < 1.29 is 9.59 Å². The summed E-state index contributed by atoms with van der Waals surface area (Å²) in [4.78, 5) is 27.0. The average Bonchev–Trinajstić information content (AvgIpc) is 2.43. The van der Waals surface area contributed by atoms with E-state index in [1.165, 1.54) is 11.3 Å². The van der Waals surface area contributed by atoms with E-state index in [2.05, 4.69) is 4.90 Å². The molecule has 1 heterocycles. The zero-order valence-electron chi connectivity index (χ0n) is 12.5. The van der Waals surface area contributed by atoms with Gasteiger partial charge < -0.3 is 9.80 Å². The van der Waals surface area contributed by atoms with E-state index in [1.54, 1.807) is 25.9 Å². The van der Waals surface area contributed by atoms with Crippen molar-refractivity contribution in [3.8, 4) is 0 Å². The lowest BCUT2D eigenvalue weighted by Gasteiger charge is -2.31. The Hall–Kier alpha value is -1.84. The molecule has 0 radical (unpaired) electrons. The molecule has 0 atom stereocenters. The van der Waals surface area contributed by atoms with Crippen molar-refractivity contribution in [2.24, 2.45) is 0 Å². The molecule has 4 heteroatoms. The van der Waals surface area contributed by atoms with Gasteiger partial charge in [-0.3, -0.25) is 9.59 Å². The summed E-state index contributed by atoms with van der Waals surface area (Å²) in [6.07, 6.45) is 2.61. The molecule has 1 aromatic carbocycles. The Bertz CT molecular complexity index is 523. The topological polar surface area (TPSA) is 40.6 Å². The summed E-state index contributed by atoms with van der Waals surface area (Å²) in [6, 6.07) is 5.90. The number of aryl methyl sites for hydroxylation is 1. The molecule has 1 amide bonds. The number of ketones is 1. The fourth-order valence-corrected chi connectivity index (χ4v) is 2.58. The predicted octanol–water partition coefficient (Wildman–Crippen LogP) is 2.12. The molecule has 1 aliphatic heterocycles. The van der Waals surface area contributed by atoms with Crippen molar-refractivity contribution in [1.29, 1.82) is 0 Å². The zero-order chi connectivity index (χ0) is 14.7. The van der Waals surface area contributed by atoms with E-state index in [-0.39, 0.29) is 11.7 Å². The molecule has 0 fully saturated rings. The first-order valence-electron chi connectivity index (χ1n) is 7.08. The number of carbonyl (C=O) groups excluding carboxylic acids is 2. The Morgan fingerprint density at radius 2 is 2.05 bits per heavy atom. The summed E-state index contributed by atoms with van der Waals surface area (Å²) in [5.74, 6) is 0.255. The third-order valence-corrected chi connectivity index (χ3v) is 3.80. The Morgan fingerprint density at radius 3 is 2.70 bits per heavy atom. The largest absolute Gasteiger partial charge is 0.371 e. The Kier molecular flexibility index (Phi) is 4.42. The molecular formula is C16H22N2O2. The summed E-state index contributed by atoms with van der Waals surface area (Å²) >= 11 is 0. The van der Waals surface area contributed by atoms with Crippen molar-refractivity contribution in [2.45, 2.75) is 26.2 Å². The minimum Gasteiger partial charge on any atom is -0.371 e. The number of hydrogen-bond acceptors (Lipinski definition) is 3. The number of benzene rings is 1. The average molecular weight is 274 g/mol. The second kappa shape index (κ2) is 6.07. The van der Waals surface area contributed by atoms with Crippen LogP contribution in [0.3, 0.4) is 0 Å². The van der Waals surface area contributed by atoms with Crippen molar-refractivity contribution in [1.82, 2.24) is 4.90 Å². The highest BCUT2D eigenvalue weighted by molar-refractivity contribution is 5.94. The lowest BCUT2D eigenvalue weighted by molar-refractivity contribution is -0.128. The van der Waals surface area contributed by atoms with Crippen LogP contribution in [-0.2, 0) is 11.2 Å². The van der Waals surface area contributed by atoms with Gasteiger partial charge in [0.2, 0.25) is 5.91 Å². The van der Waals surface area contributed by atoms with Crippen molar-refractivity contribution >= 4 is 17.4 Å². The SMILES string of the molecule is CC(=O)c1ccc2c(c1)CCCN2CCC(=O)N(C)C. The van der Waals surface area contributed by atoms with Gasteiger partial charge in [0, 0.05) is 44.9 Å². The molecule has 1 aromatic rings. The summed E-state index contributed by atoms with van der Waals surface area (Å²) in [5.41, 5.74) is 3.17. The van der Waals surface area contributed by atoms with Crippen molar-refractivity contribution in [3.63, 3.8) is 0 Å².